The Labute approximate surface area is 87.4 Å². The van der Waals surface area contributed by atoms with Crippen LogP contribution in [-0.4, -0.2) is 17.4 Å². The predicted octanol–water partition coefficient (Wildman–Crippen LogP) is 0.458. The van der Waals surface area contributed by atoms with Gasteiger partial charge in [-0.3, -0.25) is 0 Å². The van der Waals surface area contributed by atoms with Gasteiger partial charge in [-0.1, -0.05) is 12.1 Å². The molecule has 0 amide bonds. The molecular formula is C9H11FeNO2. The van der Waals surface area contributed by atoms with Gasteiger partial charge in [-0.05, 0) is 24.1 Å². The molecule has 0 aliphatic rings. The molecule has 1 aromatic rings. The number of benzene rings is 1. The van der Waals surface area contributed by atoms with Crippen molar-refractivity contribution >= 4 is 6.29 Å². The molecule has 0 aliphatic carbocycles. The normalized spacial score (nSPS) is 11.5. The van der Waals surface area contributed by atoms with Gasteiger partial charge in [0.2, 0.25) is 0 Å². The van der Waals surface area contributed by atoms with E-state index in [1.54, 1.807) is 24.3 Å². The maximum absolute atomic E-state index is 10.2. The van der Waals surface area contributed by atoms with Gasteiger partial charge in [0.25, 0.3) is 0 Å². The summed E-state index contributed by atoms with van der Waals surface area (Å²) in [5, 5.41) is 8.95. The smallest absolute Gasteiger partial charge is 0.137 e. The van der Waals surface area contributed by atoms with Crippen molar-refractivity contribution in [1.82, 2.24) is 0 Å². The van der Waals surface area contributed by atoms with E-state index in [4.69, 9.17) is 10.8 Å². The molecule has 4 heteroatoms. The molecule has 0 heterocycles. The Morgan fingerprint density at radius 3 is 2.38 bits per heavy atom. The third-order valence-electron chi connectivity index (χ3n) is 1.58. The molecule has 72 valence electrons. The number of hydrogen-bond acceptors (Lipinski definition) is 3. The SMILES string of the molecule is N[C@H](C=O)Cc1ccc(O)cc1.[Fe]. The molecular weight excluding hydrogens is 210 g/mol. The predicted molar refractivity (Wildman–Crippen MR) is 45.9 cm³/mol. The maximum Gasteiger partial charge on any atom is 0.137 e. The summed E-state index contributed by atoms with van der Waals surface area (Å²) >= 11 is 0. The van der Waals surface area contributed by atoms with Crippen molar-refractivity contribution < 1.29 is 27.0 Å². The molecule has 0 radical (unpaired) electrons. The summed E-state index contributed by atoms with van der Waals surface area (Å²) in [5.74, 6) is 0.221. The summed E-state index contributed by atoms with van der Waals surface area (Å²) < 4.78 is 0. The molecule has 3 N–H and O–H groups in total. The average molecular weight is 221 g/mol. The molecule has 1 atom stereocenters. The van der Waals surface area contributed by atoms with Crippen molar-refractivity contribution in [2.75, 3.05) is 0 Å². The molecule has 1 rings (SSSR count). The first-order chi connectivity index (χ1) is 5.72. The van der Waals surface area contributed by atoms with E-state index in [-0.39, 0.29) is 22.8 Å². The standard InChI is InChI=1S/C9H11NO2.Fe/c10-8(6-11)5-7-1-3-9(12)4-2-7;/h1-4,6,8,12H,5,10H2;/t8-;/m0./s1. The van der Waals surface area contributed by atoms with E-state index in [1.165, 1.54) is 0 Å². The summed E-state index contributed by atoms with van der Waals surface area (Å²) in [6.45, 7) is 0. The summed E-state index contributed by atoms with van der Waals surface area (Å²) in [7, 11) is 0. The Morgan fingerprint density at radius 2 is 1.92 bits per heavy atom. The number of phenolic OH excluding ortho intramolecular Hbond substituents is 1. The fourth-order valence-corrected chi connectivity index (χ4v) is 0.952. The van der Waals surface area contributed by atoms with Gasteiger partial charge in [-0.2, -0.15) is 0 Å². The molecule has 13 heavy (non-hydrogen) atoms. The fraction of sp³-hybridized carbons (Fsp3) is 0.222. The first-order valence-corrected chi connectivity index (χ1v) is 3.71. The topological polar surface area (TPSA) is 63.3 Å². The van der Waals surface area contributed by atoms with E-state index in [9.17, 15) is 4.79 Å². The van der Waals surface area contributed by atoms with E-state index in [2.05, 4.69) is 0 Å². The number of phenols is 1. The molecule has 3 nitrogen and oxygen atoms in total. The van der Waals surface area contributed by atoms with Gasteiger partial charge in [0, 0.05) is 17.1 Å². The number of nitrogens with two attached hydrogens (primary N) is 1. The largest absolute Gasteiger partial charge is 0.508 e. The molecule has 1 aromatic carbocycles. The number of carbonyl (C=O) groups excluding carboxylic acids is 1. The molecule has 0 saturated heterocycles. The zero-order chi connectivity index (χ0) is 8.97. The van der Waals surface area contributed by atoms with Crippen LogP contribution in [0.15, 0.2) is 24.3 Å². The Hall–Kier alpha value is -0.831. The van der Waals surface area contributed by atoms with Crippen molar-refractivity contribution in [1.29, 1.82) is 0 Å². The number of hydrogen-bond donors (Lipinski definition) is 2. The Bertz CT molecular complexity index is 261. The van der Waals surface area contributed by atoms with Crippen LogP contribution in [-0.2, 0) is 28.3 Å². The molecule has 0 saturated carbocycles. The summed E-state index contributed by atoms with van der Waals surface area (Å²) in [6.07, 6.45) is 1.23. The third kappa shape index (κ3) is 4.08. The minimum absolute atomic E-state index is 0. The van der Waals surface area contributed by atoms with Crippen molar-refractivity contribution in [2.45, 2.75) is 12.5 Å². The van der Waals surface area contributed by atoms with Crippen LogP contribution in [0.5, 0.6) is 5.75 Å². The van der Waals surface area contributed by atoms with Gasteiger partial charge >= 0.3 is 0 Å². The first-order valence-electron chi connectivity index (χ1n) is 3.71. The van der Waals surface area contributed by atoms with Crippen molar-refractivity contribution in [3.63, 3.8) is 0 Å². The summed E-state index contributed by atoms with van der Waals surface area (Å²) in [6, 6.07) is 6.20. The third-order valence-corrected chi connectivity index (χ3v) is 1.58. The second-order valence-electron chi connectivity index (χ2n) is 2.67. The van der Waals surface area contributed by atoms with Crippen molar-refractivity contribution in [2.24, 2.45) is 5.73 Å². The van der Waals surface area contributed by atoms with Crippen LogP contribution < -0.4 is 5.73 Å². The number of aldehydes is 1. The molecule has 0 fully saturated rings. The van der Waals surface area contributed by atoms with Crippen LogP contribution in [0.25, 0.3) is 0 Å². The Morgan fingerprint density at radius 1 is 1.38 bits per heavy atom. The van der Waals surface area contributed by atoms with Crippen LogP contribution in [0.2, 0.25) is 0 Å². The quantitative estimate of drug-likeness (QED) is 0.575. The van der Waals surface area contributed by atoms with Gasteiger partial charge in [0.1, 0.15) is 12.0 Å². The van der Waals surface area contributed by atoms with Gasteiger partial charge in [0.15, 0.2) is 0 Å². The zero-order valence-electron chi connectivity index (χ0n) is 6.96. The van der Waals surface area contributed by atoms with E-state index in [1.807, 2.05) is 0 Å². The molecule has 0 spiro atoms. The van der Waals surface area contributed by atoms with Crippen molar-refractivity contribution in [3.8, 4) is 5.75 Å². The van der Waals surface area contributed by atoms with E-state index >= 15 is 0 Å². The number of aromatic hydroxyl groups is 1. The second-order valence-corrected chi connectivity index (χ2v) is 2.67. The van der Waals surface area contributed by atoms with Gasteiger partial charge in [-0.15, -0.1) is 0 Å². The fourth-order valence-electron chi connectivity index (χ4n) is 0.952. The second kappa shape index (κ2) is 5.75. The number of rotatable bonds is 3. The minimum Gasteiger partial charge on any atom is -0.508 e. The molecule has 0 unspecified atom stereocenters. The molecule has 0 aromatic heterocycles. The Balaban J connectivity index is 0.00000144. The van der Waals surface area contributed by atoms with Crippen LogP contribution >= 0.6 is 0 Å². The summed E-state index contributed by atoms with van der Waals surface area (Å²) in [4.78, 5) is 10.2. The van der Waals surface area contributed by atoms with Crippen molar-refractivity contribution in [3.05, 3.63) is 29.8 Å². The maximum atomic E-state index is 10.2. The molecule has 0 bridgehead atoms. The van der Waals surface area contributed by atoms with Crippen LogP contribution in [0.4, 0.5) is 0 Å². The van der Waals surface area contributed by atoms with E-state index in [0.717, 1.165) is 5.56 Å². The van der Waals surface area contributed by atoms with E-state index < -0.39 is 6.04 Å². The minimum atomic E-state index is -0.449. The van der Waals surface area contributed by atoms with Crippen LogP contribution in [0, 0.1) is 0 Å². The Kier molecular flexibility index (Phi) is 5.39. The van der Waals surface area contributed by atoms with Gasteiger partial charge < -0.3 is 15.6 Å². The van der Waals surface area contributed by atoms with Gasteiger partial charge in [0.05, 0.1) is 6.04 Å². The van der Waals surface area contributed by atoms with Crippen LogP contribution in [0.1, 0.15) is 5.56 Å². The first kappa shape index (κ1) is 12.2. The number of carbonyl (C=O) groups is 1. The van der Waals surface area contributed by atoms with Gasteiger partial charge in [-0.25, -0.2) is 0 Å². The zero-order valence-corrected chi connectivity index (χ0v) is 8.06. The summed E-state index contributed by atoms with van der Waals surface area (Å²) in [5.41, 5.74) is 6.36. The van der Waals surface area contributed by atoms with E-state index in [0.29, 0.717) is 12.7 Å². The molecule has 0 aliphatic heterocycles. The average Bonchev–Trinajstić information content (AvgIpc) is 2.09. The monoisotopic (exact) mass is 221 g/mol. The van der Waals surface area contributed by atoms with Crippen LogP contribution in [0.3, 0.4) is 0 Å².